The minimum absolute atomic E-state index is 0.113. The van der Waals surface area contributed by atoms with E-state index in [1.807, 2.05) is 41.0 Å². The summed E-state index contributed by atoms with van der Waals surface area (Å²) in [7, 11) is -3.94. The number of carbonyl (C=O) groups is 1. The number of halogens is 1. The van der Waals surface area contributed by atoms with E-state index < -0.39 is 15.8 Å². The number of hydrogen-bond acceptors (Lipinski definition) is 4. The third-order valence-corrected chi connectivity index (χ3v) is 7.76. The number of piperazine rings is 1. The topological polar surface area (TPSA) is 75.5 Å². The number of sulfonamides is 1. The molecule has 0 N–H and O–H groups in total. The fourth-order valence-corrected chi connectivity index (χ4v) is 5.52. The second-order valence-electron chi connectivity index (χ2n) is 7.78. The van der Waals surface area contributed by atoms with Gasteiger partial charge in [-0.1, -0.05) is 24.3 Å². The average Bonchev–Trinajstić information content (AvgIpc) is 3.28. The second kappa shape index (κ2) is 8.42. The highest BCUT2D eigenvalue weighted by Crippen LogP contribution is 2.22. The van der Waals surface area contributed by atoms with Crippen LogP contribution in [0.4, 0.5) is 4.39 Å². The number of para-hydroxylation sites is 2. The van der Waals surface area contributed by atoms with E-state index in [0.717, 1.165) is 22.8 Å². The van der Waals surface area contributed by atoms with Crippen molar-refractivity contribution in [2.24, 2.45) is 0 Å². The minimum atomic E-state index is -3.94. The van der Waals surface area contributed by atoms with Crippen LogP contribution in [-0.4, -0.2) is 59.3 Å². The van der Waals surface area contributed by atoms with Crippen molar-refractivity contribution in [2.75, 3.05) is 26.2 Å². The minimum Gasteiger partial charge on any atom is -0.336 e. The van der Waals surface area contributed by atoms with Crippen molar-refractivity contribution in [1.82, 2.24) is 18.8 Å². The zero-order valence-corrected chi connectivity index (χ0v) is 18.5. The fourth-order valence-electron chi connectivity index (χ4n) is 4.04. The third-order valence-electron chi connectivity index (χ3n) is 5.83. The number of aromatic nitrogens is 2. The Morgan fingerprint density at radius 2 is 1.52 bits per heavy atom. The molecule has 0 aliphatic carbocycles. The first-order valence-electron chi connectivity index (χ1n) is 10.5. The van der Waals surface area contributed by atoms with Crippen LogP contribution >= 0.6 is 0 Å². The van der Waals surface area contributed by atoms with E-state index >= 15 is 0 Å². The largest absolute Gasteiger partial charge is 0.336 e. The van der Waals surface area contributed by atoms with Gasteiger partial charge in [-0.2, -0.15) is 4.31 Å². The lowest BCUT2D eigenvalue weighted by Gasteiger charge is -2.34. The van der Waals surface area contributed by atoms with Gasteiger partial charge in [0.2, 0.25) is 10.0 Å². The van der Waals surface area contributed by atoms with E-state index in [0.29, 0.717) is 5.56 Å². The molecule has 0 radical (unpaired) electrons. The van der Waals surface area contributed by atoms with Crippen LogP contribution in [0.1, 0.15) is 10.4 Å². The first-order valence-corrected chi connectivity index (χ1v) is 12.0. The first-order chi connectivity index (χ1) is 15.9. The van der Waals surface area contributed by atoms with Crippen LogP contribution in [0.25, 0.3) is 16.7 Å². The molecule has 0 atom stereocenters. The number of amides is 1. The number of fused-ring (bicyclic) bond motifs is 1. The lowest BCUT2D eigenvalue weighted by atomic mass is 10.1. The predicted octanol–water partition coefficient (Wildman–Crippen LogP) is 3.31. The maximum atomic E-state index is 14.0. The van der Waals surface area contributed by atoms with Crippen LogP contribution in [0.3, 0.4) is 0 Å². The van der Waals surface area contributed by atoms with E-state index in [-0.39, 0.29) is 37.0 Å². The standard InChI is InChI=1S/C24H21FN4O3S/c25-20-5-1-4-8-23(20)33(31,32)28-15-13-27(14-16-28)24(30)18-9-11-19(12-10-18)29-17-26-21-6-2-3-7-22(21)29/h1-12,17H,13-16H2. The predicted molar refractivity (Wildman–Crippen MR) is 122 cm³/mol. The van der Waals surface area contributed by atoms with Gasteiger partial charge in [-0.05, 0) is 48.5 Å². The van der Waals surface area contributed by atoms with Gasteiger partial charge in [-0.15, -0.1) is 0 Å². The molecule has 168 valence electrons. The summed E-state index contributed by atoms with van der Waals surface area (Å²) < 4.78 is 42.7. The van der Waals surface area contributed by atoms with Crippen molar-refractivity contribution in [3.63, 3.8) is 0 Å². The SMILES string of the molecule is O=C(c1ccc(-n2cnc3ccccc32)cc1)N1CCN(S(=O)(=O)c2ccccc2F)CC1. The molecule has 1 amide bonds. The van der Waals surface area contributed by atoms with Gasteiger partial charge in [0.15, 0.2) is 0 Å². The Morgan fingerprint density at radius 3 is 2.24 bits per heavy atom. The molecule has 0 bridgehead atoms. The monoisotopic (exact) mass is 464 g/mol. The molecular weight excluding hydrogens is 443 g/mol. The number of carbonyl (C=O) groups excluding carboxylic acids is 1. The van der Waals surface area contributed by atoms with Gasteiger partial charge < -0.3 is 4.90 Å². The molecule has 7 nitrogen and oxygen atoms in total. The van der Waals surface area contributed by atoms with Crippen molar-refractivity contribution in [2.45, 2.75) is 4.90 Å². The molecule has 1 aliphatic heterocycles. The average molecular weight is 465 g/mol. The second-order valence-corrected chi connectivity index (χ2v) is 9.68. The van der Waals surface area contributed by atoms with E-state index in [4.69, 9.17) is 0 Å². The van der Waals surface area contributed by atoms with Crippen LogP contribution in [-0.2, 0) is 10.0 Å². The summed E-state index contributed by atoms with van der Waals surface area (Å²) >= 11 is 0. The van der Waals surface area contributed by atoms with Crippen molar-refractivity contribution < 1.29 is 17.6 Å². The molecule has 1 saturated heterocycles. The molecule has 9 heteroatoms. The Labute approximate surface area is 190 Å². The number of hydrogen-bond donors (Lipinski definition) is 0. The summed E-state index contributed by atoms with van der Waals surface area (Å²) in [5.41, 5.74) is 3.28. The van der Waals surface area contributed by atoms with Gasteiger partial charge >= 0.3 is 0 Å². The summed E-state index contributed by atoms with van der Waals surface area (Å²) in [4.78, 5) is 18.6. The smallest absolute Gasteiger partial charge is 0.253 e. The Bertz CT molecular complexity index is 1430. The summed E-state index contributed by atoms with van der Waals surface area (Å²) in [6, 6.07) is 20.4. The van der Waals surface area contributed by atoms with E-state index in [9.17, 15) is 17.6 Å². The Kier molecular flexibility index (Phi) is 5.43. The first kappa shape index (κ1) is 21.3. The Hall–Kier alpha value is -3.56. The van der Waals surface area contributed by atoms with Crippen molar-refractivity contribution in [1.29, 1.82) is 0 Å². The van der Waals surface area contributed by atoms with Gasteiger partial charge in [0.05, 0.1) is 11.0 Å². The fraction of sp³-hybridized carbons (Fsp3) is 0.167. The molecule has 1 aromatic heterocycles. The molecule has 3 aromatic carbocycles. The molecule has 0 unspecified atom stereocenters. The highest BCUT2D eigenvalue weighted by atomic mass is 32.2. The van der Waals surface area contributed by atoms with E-state index in [2.05, 4.69) is 4.98 Å². The van der Waals surface area contributed by atoms with Crippen LogP contribution in [0.5, 0.6) is 0 Å². The van der Waals surface area contributed by atoms with Crippen LogP contribution in [0.2, 0.25) is 0 Å². The van der Waals surface area contributed by atoms with Gasteiger partial charge in [-0.25, -0.2) is 17.8 Å². The maximum Gasteiger partial charge on any atom is 0.253 e. The molecule has 0 saturated carbocycles. The lowest BCUT2D eigenvalue weighted by molar-refractivity contribution is 0.0697. The normalized spacial score (nSPS) is 15.1. The summed E-state index contributed by atoms with van der Waals surface area (Å²) in [6.07, 6.45) is 1.75. The number of benzene rings is 3. The molecule has 0 spiro atoms. The Balaban J connectivity index is 1.28. The molecule has 33 heavy (non-hydrogen) atoms. The highest BCUT2D eigenvalue weighted by Gasteiger charge is 2.32. The number of rotatable bonds is 4. The van der Waals surface area contributed by atoms with Gasteiger partial charge in [0.1, 0.15) is 17.0 Å². The number of nitrogens with zero attached hydrogens (tertiary/aromatic N) is 4. The summed E-state index contributed by atoms with van der Waals surface area (Å²) in [6.45, 7) is 0.698. The molecule has 1 aliphatic rings. The van der Waals surface area contributed by atoms with Crippen LogP contribution in [0, 0.1) is 5.82 Å². The Morgan fingerprint density at radius 1 is 0.848 bits per heavy atom. The quantitative estimate of drug-likeness (QED) is 0.464. The highest BCUT2D eigenvalue weighted by molar-refractivity contribution is 7.89. The van der Waals surface area contributed by atoms with Crippen molar-refractivity contribution in [3.8, 4) is 5.69 Å². The summed E-state index contributed by atoms with van der Waals surface area (Å²) in [5, 5.41) is 0. The zero-order valence-electron chi connectivity index (χ0n) is 17.6. The molecule has 5 rings (SSSR count). The van der Waals surface area contributed by atoms with Gasteiger partial charge in [0.25, 0.3) is 5.91 Å². The molecule has 2 heterocycles. The van der Waals surface area contributed by atoms with E-state index in [1.54, 1.807) is 23.4 Å². The summed E-state index contributed by atoms with van der Waals surface area (Å²) in [5.74, 6) is -0.943. The lowest BCUT2D eigenvalue weighted by Crippen LogP contribution is -2.50. The van der Waals surface area contributed by atoms with Crippen molar-refractivity contribution >= 4 is 27.0 Å². The zero-order chi connectivity index (χ0) is 23.0. The molecule has 1 fully saturated rings. The van der Waals surface area contributed by atoms with Gasteiger partial charge in [0, 0.05) is 37.4 Å². The van der Waals surface area contributed by atoms with E-state index in [1.165, 1.54) is 22.5 Å². The molecule has 4 aromatic rings. The van der Waals surface area contributed by atoms with Gasteiger partial charge in [-0.3, -0.25) is 9.36 Å². The van der Waals surface area contributed by atoms with Crippen molar-refractivity contribution in [3.05, 3.63) is 90.5 Å². The van der Waals surface area contributed by atoms with Crippen LogP contribution in [0.15, 0.2) is 84.0 Å². The molecular formula is C24H21FN4O3S. The third kappa shape index (κ3) is 3.90. The maximum absolute atomic E-state index is 14.0. The van der Waals surface area contributed by atoms with Crippen LogP contribution < -0.4 is 0 Å². The number of imidazole rings is 1.